The number of benzene rings is 7. The van der Waals surface area contributed by atoms with Gasteiger partial charge in [0.1, 0.15) is 0 Å². The molecule has 10 rings (SSSR count). The Morgan fingerprint density at radius 1 is 0.267 bits per heavy atom. The summed E-state index contributed by atoms with van der Waals surface area (Å²) in [5, 5.41) is -3.29. The Morgan fingerprint density at radius 3 is 0.978 bits per heavy atom. The second-order valence-corrected chi connectivity index (χ2v) is 9.77. The van der Waals surface area contributed by atoms with Crippen LogP contribution in [0.25, 0.3) is 82.5 Å². The van der Waals surface area contributed by atoms with Gasteiger partial charge in [-0.3, -0.25) is 0 Å². The highest BCUT2D eigenvalue weighted by Gasteiger charge is 2.18. The average molecular weight is 601 g/mol. The largest absolute Gasteiger partial charge is 0.309 e. The molecule has 0 atom stereocenters. The Balaban J connectivity index is 1.55. The minimum Gasteiger partial charge on any atom is -0.309 e. The first-order chi connectivity index (χ1) is 33.6. The standard InChI is InChI=1S/C42H27N3/c1-2-12-28(13-3-1)43-41-24-22-29(44-37-18-8-4-14-31(37)32-15-5-9-19-38(32)44)26-35(41)36-27-30(23-25-42(36)43)45-39-20-10-6-16-33(39)34-17-7-11-21-40(34)45/h1-27H/i1D,2D,3D,4D,5D,6D,7D,8D,9D,10D,11D,12D,13D,14D,15D,16D,17D,18D,19D,20D,21D,22D,23D,24D,25D,26D,27D. The topological polar surface area (TPSA) is 14.8 Å². The first-order valence-corrected chi connectivity index (χ1v) is 13.3. The zero-order valence-electron chi connectivity index (χ0n) is 49.3. The summed E-state index contributed by atoms with van der Waals surface area (Å²) >= 11 is 0. The van der Waals surface area contributed by atoms with E-state index in [1.807, 2.05) is 0 Å². The lowest BCUT2D eigenvalue weighted by Crippen LogP contribution is -1.96. The smallest absolute Gasteiger partial charge is 0.0652 e. The first kappa shape index (κ1) is 9.98. The van der Waals surface area contributed by atoms with Crippen molar-refractivity contribution in [3.63, 3.8) is 0 Å². The Bertz CT molecular complexity index is 3880. The number of aromatic nitrogens is 3. The van der Waals surface area contributed by atoms with Gasteiger partial charge < -0.3 is 13.7 Å². The number of nitrogens with zero attached hydrogens (tertiary/aromatic N) is 3. The van der Waals surface area contributed by atoms with Crippen molar-refractivity contribution in [2.45, 2.75) is 0 Å². The molecule has 0 fully saturated rings. The molecule has 3 heteroatoms. The zero-order valence-corrected chi connectivity index (χ0v) is 22.3. The summed E-state index contributed by atoms with van der Waals surface area (Å²) in [6, 6.07) is -24.1. The van der Waals surface area contributed by atoms with Crippen LogP contribution >= 0.6 is 0 Å². The normalized spacial score (nSPS) is 20.4. The van der Waals surface area contributed by atoms with Crippen LogP contribution in [0.5, 0.6) is 0 Å². The molecule has 0 N–H and O–H groups in total. The Morgan fingerprint density at radius 2 is 0.578 bits per heavy atom. The molecule has 3 heterocycles. The fourth-order valence-corrected chi connectivity index (χ4v) is 5.68. The van der Waals surface area contributed by atoms with E-state index in [-0.39, 0.29) is 0 Å². The molecule has 0 unspecified atom stereocenters. The van der Waals surface area contributed by atoms with Crippen LogP contribution in [0, 0.1) is 0 Å². The maximum absolute atomic E-state index is 10.1. The van der Waals surface area contributed by atoms with E-state index in [0.717, 1.165) is 9.13 Å². The molecule has 210 valence electrons. The molecule has 0 saturated carbocycles. The fraction of sp³-hybridized carbons (Fsp3) is 0. The van der Waals surface area contributed by atoms with Crippen molar-refractivity contribution >= 4 is 65.4 Å². The van der Waals surface area contributed by atoms with E-state index < -0.39 is 246 Å². The lowest BCUT2D eigenvalue weighted by atomic mass is 10.1. The molecule has 0 saturated heterocycles. The van der Waals surface area contributed by atoms with E-state index in [1.54, 1.807) is 0 Å². The van der Waals surface area contributed by atoms with E-state index in [0.29, 0.717) is 4.57 Å². The molecule has 0 spiro atoms. The van der Waals surface area contributed by atoms with Gasteiger partial charge in [-0.25, -0.2) is 0 Å². The second-order valence-electron chi connectivity index (χ2n) is 9.77. The van der Waals surface area contributed by atoms with Crippen molar-refractivity contribution in [3.05, 3.63) is 163 Å². The molecular weight excluding hydrogens is 546 g/mol. The minimum atomic E-state index is -1.03. The van der Waals surface area contributed by atoms with Gasteiger partial charge in [-0.05, 0) is 72.5 Å². The first-order valence-electron chi connectivity index (χ1n) is 26.8. The van der Waals surface area contributed by atoms with Gasteiger partial charge in [0.15, 0.2) is 0 Å². The molecule has 0 aliphatic heterocycles. The fourth-order valence-electron chi connectivity index (χ4n) is 5.68. The highest BCUT2D eigenvalue weighted by atomic mass is 15.0. The van der Waals surface area contributed by atoms with Crippen molar-refractivity contribution in [1.29, 1.82) is 0 Å². The molecule has 0 amide bonds. The van der Waals surface area contributed by atoms with Crippen LogP contribution in [0.3, 0.4) is 0 Å². The summed E-state index contributed by atoms with van der Waals surface area (Å²) in [5.41, 5.74) is -6.22. The van der Waals surface area contributed by atoms with Gasteiger partial charge in [0.25, 0.3) is 0 Å². The SMILES string of the molecule is [2H]c1c([2H])c([2H])c(-n2c3c([2H])c([2H])c(-n4c5c([2H])c([2H])c([2H])c([2H])c5c5c([2H])c([2H])c([2H])c([2H])c54)c([2H])c3c3c([2H])c(-n4c5c([2H])c([2H])c([2H])c([2H])c5c5c([2H])c([2H])c([2H])c([2H])c54)c([2H])c([2H])c32)c([2H])c1[2H]. The summed E-state index contributed by atoms with van der Waals surface area (Å²) in [4.78, 5) is 0. The third-order valence-corrected chi connectivity index (χ3v) is 7.48. The molecule has 45 heavy (non-hydrogen) atoms. The molecule has 10 aromatic rings. The van der Waals surface area contributed by atoms with Gasteiger partial charge in [-0.15, -0.1) is 0 Å². The molecular formula is C42H27N3. The number of hydrogen-bond donors (Lipinski definition) is 0. The van der Waals surface area contributed by atoms with Crippen LogP contribution in [-0.4, -0.2) is 13.7 Å². The van der Waals surface area contributed by atoms with Gasteiger partial charge >= 0.3 is 0 Å². The lowest BCUT2D eigenvalue weighted by Gasteiger charge is -2.10. The maximum atomic E-state index is 10.1. The molecule has 0 aliphatic carbocycles. The summed E-state index contributed by atoms with van der Waals surface area (Å²) < 4.78 is 245. The van der Waals surface area contributed by atoms with Crippen LogP contribution < -0.4 is 0 Å². The number of hydrogen-bond acceptors (Lipinski definition) is 0. The van der Waals surface area contributed by atoms with Crippen molar-refractivity contribution in [3.8, 4) is 17.1 Å². The van der Waals surface area contributed by atoms with E-state index in [2.05, 4.69) is 0 Å². The third-order valence-electron chi connectivity index (χ3n) is 7.48. The van der Waals surface area contributed by atoms with E-state index >= 15 is 0 Å². The monoisotopic (exact) mass is 600 g/mol. The minimum absolute atomic E-state index is 0.480. The van der Waals surface area contributed by atoms with E-state index in [1.165, 1.54) is 0 Å². The quantitative estimate of drug-likeness (QED) is 0.192. The van der Waals surface area contributed by atoms with Gasteiger partial charge in [-0.2, -0.15) is 0 Å². The summed E-state index contributed by atoms with van der Waals surface area (Å²) in [5.74, 6) is 0. The lowest BCUT2D eigenvalue weighted by molar-refractivity contribution is 1.16. The third kappa shape index (κ3) is 3.41. The zero-order chi connectivity index (χ0) is 53.0. The van der Waals surface area contributed by atoms with Crippen molar-refractivity contribution in [2.24, 2.45) is 0 Å². The Hall–Kier alpha value is -6.06. The number of fused-ring (bicyclic) bond motifs is 9. The number of para-hydroxylation sites is 5. The van der Waals surface area contributed by atoms with Gasteiger partial charge in [0.2, 0.25) is 0 Å². The van der Waals surface area contributed by atoms with Crippen LogP contribution in [0.2, 0.25) is 0 Å². The van der Waals surface area contributed by atoms with Crippen molar-refractivity contribution in [2.75, 3.05) is 0 Å². The number of rotatable bonds is 3. The summed E-state index contributed by atoms with van der Waals surface area (Å²) in [6.07, 6.45) is 0. The van der Waals surface area contributed by atoms with Gasteiger partial charge in [0.05, 0.1) is 70.1 Å². The molecule has 0 radical (unpaired) electrons. The highest BCUT2D eigenvalue weighted by molar-refractivity contribution is 6.14. The molecule has 3 nitrogen and oxygen atoms in total. The molecule has 7 aromatic carbocycles. The molecule has 0 aliphatic rings. The van der Waals surface area contributed by atoms with Crippen LogP contribution in [0.4, 0.5) is 0 Å². The Kier molecular flexibility index (Phi) is 2.04. The predicted octanol–water partition coefficient (Wildman–Crippen LogP) is 11.0. The van der Waals surface area contributed by atoms with Crippen LogP contribution in [0.1, 0.15) is 37.0 Å². The average Bonchev–Trinajstić information content (AvgIpc) is 4.01. The Labute approximate surface area is 297 Å². The van der Waals surface area contributed by atoms with Gasteiger partial charge in [-0.1, -0.05) is 90.6 Å². The predicted molar refractivity (Wildman–Crippen MR) is 189 cm³/mol. The molecule has 3 aromatic heterocycles. The van der Waals surface area contributed by atoms with Crippen molar-refractivity contribution in [1.82, 2.24) is 13.7 Å². The van der Waals surface area contributed by atoms with E-state index in [4.69, 9.17) is 28.8 Å². The van der Waals surface area contributed by atoms with Crippen molar-refractivity contribution < 1.29 is 37.0 Å². The summed E-state index contributed by atoms with van der Waals surface area (Å²) in [7, 11) is 0. The maximum Gasteiger partial charge on any atom is 0.0652 e. The molecule has 0 bridgehead atoms. The van der Waals surface area contributed by atoms with E-state index in [9.17, 15) is 8.22 Å². The highest BCUT2D eigenvalue weighted by Crippen LogP contribution is 2.39. The van der Waals surface area contributed by atoms with Gasteiger partial charge in [0, 0.05) is 49.4 Å². The second kappa shape index (κ2) is 9.22. The summed E-state index contributed by atoms with van der Waals surface area (Å²) in [6.45, 7) is 0. The van der Waals surface area contributed by atoms with Crippen LogP contribution in [0.15, 0.2) is 163 Å². The van der Waals surface area contributed by atoms with Crippen LogP contribution in [-0.2, 0) is 0 Å².